The molecule has 0 saturated heterocycles. The minimum absolute atomic E-state index is 0.00523. The Balaban J connectivity index is 1.25. The summed E-state index contributed by atoms with van der Waals surface area (Å²) in [7, 11) is 0. The molecule has 0 N–H and O–H groups in total. The van der Waals surface area contributed by atoms with E-state index < -0.39 is 30.4 Å². The average molecular weight is 527 g/mol. The monoisotopic (exact) mass is 526 g/mol. The van der Waals surface area contributed by atoms with E-state index in [9.17, 15) is 14.4 Å². The zero-order valence-electron chi connectivity index (χ0n) is 23.4. The van der Waals surface area contributed by atoms with Gasteiger partial charge in [0, 0.05) is 13.8 Å². The molecule has 0 aromatic rings. The van der Waals surface area contributed by atoms with Crippen molar-refractivity contribution in [2.24, 2.45) is 28.6 Å². The third kappa shape index (κ3) is 4.92. The van der Waals surface area contributed by atoms with Gasteiger partial charge >= 0.3 is 11.9 Å². The number of hydrogen-bond acceptors (Lipinski definition) is 7. The molecule has 7 nitrogen and oxygen atoms in total. The van der Waals surface area contributed by atoms with Crippen LogP contribution in [0.3, 0.4) is 0 Å². The first-order chi connectivity index (χ1) is 18.0. The minimum atomic E-state index is -0.620. The lowest BCUT2D eigenvalue weighted by molar-refractivity contribution is -0.213. The van der Waals surface area contributed by atoms with Gasteiger partial charge in [-0.2, -0.15) is 0 Å². The van der Waals surface area contributed by atoms with E-state index in [1.807, 2.05) is 0 Å². The summed E-state index contributed by atoms with van der Waals surface area (Å²) in [6.45, 7) is 9.20. The quantitative estimate of drug-likeness (QED) is 0.346. The summed E-state index contributed by atoms with van der Waals surface area (Å²) < 4.78 is 23.0. The van der Waals surface area contributed by atoms with Crippen LogP contribution in [0.5, 0.6) is 0 Å². The molecule has 2 saturated carbocycles. The topological polar surface area (TPSA) is 88.1 Å². The fraction of sp³-hybridized carbons (Fsp3) is 0.710. The number of ketones is 1. The fourth-order valence-electron chi connectivity index (χ4n) is 8.38. The van der Waals surface area contributed by atoms with Crippen molar-refractivity contribution in [3.63, 3.8) is 0 Å². The SMILES string of the molecule is CC(=O)OC[C@H]1O[C@H](OC2CC[C@@]3(C)C(=CC[C@@H]4[C@@H]3CC[C@]3(C)C(C(C)=O)=CC[C@@H]43)C2)C=C[C@@H]1OC(C)=O. The van der Waals surface area contributed by atoms with Crippen LogP contribution in [0.2, 0.25) is 0 Å². The maximum absolute atomic E-state index is 12.4. The van der Waals surface area contributed by atoms with Gasteiger partial charge in [-0.15, -0.1) is 0 Å². The molecule has 4 aliphatic carbocycles. The zero-order valence-corrected chi connectivity index (χ0v) is 23.4. The molecule has 5 rings (SSSR count). The summed E-state index contributed by atoms with van der Waals surface area (Å²) in [4.78, 5) is 35.2. The van der Waals surface area contributed by atoms with Gasteiger partial charge < -0.3 is 18.9 Å². The highest BCUT2D eigenvalue weighted by atomic mass is 16.7. The van der Waals surface area contributed by atoms with Crippen LogP contribution in [0.1, 0.15) is 79.6 Å². The number of carbonyl (C=O) groups is 3. The molecule has 0 amide bonds. The Morgan fingerprint density at radius 1 is 0.947 bits per heavy atom. The largest absolute Gasteiger partial charge is 0.463 e. The van der Waals surface area contributed by atoms with Gasteiger partial charge in [0.05, 0.1) is 6.10 Å². The normalized spacial score (nSPS) is 41.7. The van der Waals surface area contributed by atoms with E-state index in [2.05, 4.69) is 26.0 Å². The van der Waals surface area contributed by atoms with Crippen molar-refractivity contribution in [2.45, 2.75) is 104 Å². The molecule has 2 fully saturated rings. The molecule has 0 spiro atoms. The van der Waals surface area contributed by atoms with Crippen LogP contribution in [0, 0.1) is 28.6 Å². The van der Waals surface area contributed by atoms with Gasteiger partial charge in [0.25, 0.3) is 0 Å². The first-order valence-electron chi connectivity index (χ1n) is 14.2. The lowest BCUT2D eigenvalue weighted by Gasteiger charge is -2.57. The minimum Gasteiger partial charge on any atom is -0.463 e. The Labute approximate surface area is 226 Å². The molecule has 1 heterocycles. The molecule has 0 aromatic heterocycles. The number of rotatable bonds is 6. The summed E-state index contributed by atoms with van der Waals surface area (Å²) in [6, 6.07) is 0. The molecule has 9 atom stereocenters. The molecular formula is C31H42O7. The molecular weight excluding hydrogens is 484 g/mol. The highest BCUT2D eigenvalue weighted by molar-refractivity contribution is 5.95. The first kappa shape index (κ1) is 27.3. The highest BCUT2D eigenvalue weighted by Crippen LogP contribution is 2.65. The molecule has 38 heavy (non-hydrogen) atoms. The first-order valence-corrected chi connectivity index (χ1v) is 14.2. The number of carbonyl (C=O) groups excluding carboxylic acids is 3. The fourth-order valence-corrected chi connectivity index (χ4v) is 8.38. The van der Waals surface area contributed by atoms with Crippen molar-refractivity contribution in [2.75, 3.05) is 6.61 Å². The number of Topliss-reactive ketones (excluding diaryl/α,β-unsaturated/α-hetero) is 1. The van der Waals surface area contributed by atoms with Crippen molar-refractivity contribution in [1.29, 1.82) is 0 Å². The van der Waals surface area contributed by atoms with Gasteiger partial charge in [0.2, 0.25) is 0 Å². The smallest absolute Gasteiger partial charge is 0.303 e. The van der Waals surface area contributed by atoms with Gasteiger partial charge in [0.15, 0.2) is 12.1 Å². The van der Waals surface area contributed by atoms with Crippen molar-refractivity contribution in [3.8, 4) is 0 Å². The van der Waals surface area contributed by atoms with Gasteiger partial charge in [-0.05, 0) is 98.2 Å². The number of fused-ring (bicyclic) bond motifs is 5. The van der Waals surface area contributed by atoms with E-state index in [0.29, 0.717) is 17.8 Å². The number of hydrogen-bond donors (Lipinski definition) is 0. The third-order valence-corrected chi connectivity index (χ3v) is 10.2. The van der Waals surface area contributed by atoms with Crippen LogP contribution in [0.4, 0.5) is 0 Å². The van der Waals surface area contributed by atoms with Crippen LogP contribution in [-0.4, -0.2) is 48.9 Å². The second kappa shape index (κ2) is 10.4. The van der Waals surface area contributed by atoms with E-state index in [-0.39, 0.29) is 29.3 Å². The Morgan fingerprint density at radius 3 is 2.42 bits per heavy atom. The Bertz CT molecular complexity index is 1070. The van der Waals surface area contributed by atoms with E-state index >= 15 is 0 Å². The Morgan fingerprint density at radius 2 is 1.71 bits per heavy atom. The maximum Gasteiger partial charge on any atom is 0.303 e. The number of allylic oxidation sites excluding steroid dienone is 3. The van der Waals surface area contributed by atoms with Crippen LogP contribution in [0.15, 0.2) is 35.5 Å². The molecule has 1 aliphatic heterocycles. The zero-order chi connectivity index (χ0) is 27.2. The molecule has 0 aromatic carbocycles. The van der Waals surface area contributed by atoms with Gasteiger partial charge in [0.1, 0.15) is 18.8 Å². The predicted molar refractivity (Wildman–Crippen MR) is 141 cm³/mol. The molecule has 5 aliphatic rings. The second-order valence-electron chi connectivity index (χ2n) is 12.4. The second-order valence-corrected chi connectivity index (χ2v) is 12.4. The standard InChI is InChI=1S/C31H42O7/c1-18(32)24-8-9-25-23-7-6-21-16-22(12-14-30(21,4)26(23)13-15-31(24,25)5)37-29-11-10-27(36-20(3)34)28(38-29)17-35-19(2)33/h6,8,10-11,22-23,25-29H,7,9,12-17H2,1-5H3/t22?,23-,25-,26-,27-,28+,29-,30-,31+/m0/s1. The van der Waals surface area contributed by atoms with Gasteiger partial charge in [-0.25, -0.2) is 0 Å². The lowest BCUT2D eigenvalue weighted by Crippen LogP contribution is -2.50. The van der Waals surface area contributed by atoms with E-state index in [0.717, 1.165) is 44.1 Å². The van der Waals surface area contributed by atoms with Gasteiger partial charge in [-0.1, -0.05) is 31.6 Å². The van der Waals surface area contributed by atoms with Gasteiger partial charge in [-0.3, -0.25) is 14.4 Å². The Hall–Kier alpha value is -2.25. The van der Waals surface area contributed by atoms with Crippen molar-refractivity contribution < 1.29 is 33.3 Å². The van der Waals surface area contributed by atoms with Crippen molar-refractivity contribution >= 4 is 17.7 Å². The van der Waals surface area contributed by atoms with E-state index in [1.165, 1.54) is 25.8 Å². The lowest BCUT2D eigenvalue weighted by atomic mass is 9.47. The highest BCUT2D eigenvalue weighted by Gasteiger charge is 2.57. The average Bonchev–Trinajstić information content (AvgIpc) is 3.21. The molecule has 7 heteroatoms. The van der Waals surface area contributed by atoms with Crippen LogP contribution in [0.25, 0.3) is 0 Å². The molecule has 1 unspecified atom stereocenters. The van der Waals surface area contributed by atoms with E-state index in [4.69, 9.17) is 18.9 Å². The summed E-state index contributed by atoms with van der Waals surface area (Å²) in [5, 5.41) is 0. The third-order valence-electron chi connectivity index (χ3n) is 10.2. The van der Waals surface area contributed by atoms with Crippen LogP contribution < -0.4 is 0 Å². The number of ether oxygens (including phenoxy) is 4. The summed E-state index contributed by atoms with van der Waals surface area (Å²) >= 11 is 0. The summed E-state index contributed by atoms with van der Waals surface area (Å²) in [5.41, 5.74) is 2.78. The molecule has 0 radical (unpaired) electrons. The molecule has 0 bridgehead atoms. The number of esters is 2. The Kier molecular flexibility index (Phi) is 7.46. The summed E-state index contributed by atoms with van der Waals surface area (Å²) in [6.07, 6.45) is 13.8. The predicted octanol–water partition coefficient (Wildman–Crippen LogP) is 5.24. The molecule has 208 valence electrons. The maximum atomic E-state index is 12.4. The van der Waals surface area contributed by atoms with E-state index in [1.54, 1.807) is 19.1 Å². The van der Waals surface area contributed by atoms with Crippen molar-refractivity contribution in [3.05, 3.63) is 35.5 Å². The van der Waals surface area contributed by atoms with Crippen LogP contribution in [-0.2, 0) is 33.3 Å². The van der Waals surface area contributed by atoms with Crippen LogP contribution >= 0.6 is 0 Å². The summed E-state index contributed by atoms with van der Waals surface area (Å²) in [5.74, 6) is 1.24. The van der Waals surface area contributed by atoms with Crippen molar-refractivity contribution in [1.82, 2.24) is 0 Å².